The first-order chi connectivity index (χ1) is 8.40. The van der Waals surface area contributed by atoms with Crippen LogP contribution >= 0.6 is 0 Å². The molecule has 1 rings (SSSR count). The fraction of sp³-hybridized carbons (Fsp3) is 0.385. The maximum Gasteiger partial charge on any atom is 0.413 e. The van der Waals surface area contributed by atoms with E-state index in [4.69, 9.17) is 4.74 Å². The molecule has 18 heavy (non-hydrogen) atoms. The van der Waals surface area contributed by atoms with Crippen molar-refractivity contribution in [2.45, 2.75) is 26.4 Å². The topological polar surface area (TPSA) is 63.2 Å². The predicted octanol–water partition coefficient (Wildman–Crippen LogP) is 3.03. The Morgan fingerprint density at radius 2 is 2.22 bits per heavy atom. The zero-order chi connectivity index (χ0) is 13.6. The maximum atomic E-state index is 11.5. The van der Waals surface area contributed by atoms with Crippen molar-refractivity contribution in [2.75, 3.05) is 17.2 Å². The van der Waals surface area contributed by atoms with Gasteiger partial charge in [-0.05, 0) is 32.9 Å². The number of amides is 1. The molecular weight excluding hydrogens is 230 g/mol. The normalized spacial score (nSPS) is 10.6. The maximum absolute atomic E-state index is 11.5. The van der Waals surface area contributed by atoms with Crippen LogP contribution in [0.1, 0.15) is 20.8 Å². The average molecular weight is 249 g/mol. The van der Waals surface area contributed by atoms with E-state index in [0.717, 1.165) is 5.69 Å². The van der Waals surface area contributed by atoms with Gasteiger partial charge in [0.1, 0.15) is 11.4 Å². The minimum Gasteiger partial charge on any atom is -0.444 e. The van der Waals surface area contributed by atoms with Crippen molar-refractivity contribution >= 4 is 17.6 Å². The number of aromatic nitrogens is 1. The third-order valence-electron chi connectivity index (χ3n) is 1.84. The van der Waals surface area contributed by atoms with Crippen LogP contribution in [0.5, 0.6) is 0 Å². The van der Waals surface area contributed by atoms with Gasteiger partial charge in [-0.3, -0.25) is 5.32 Å². The van der Waals surface area contributed by atoms with Gasteiger partial charge in [-0.25, -0.2) is 9.78 Å². The molecular formula is C13H19N3O2. The quantitative estimate of drug-likeness (QED) is 0.805. The smallest absolute Gasteiger partial charge is 0.413 e. The number of carbonyl (C=O) groups excluding carboxylic acids is 1. The van der Waals surface area contributed by atoms with Gasteiger partial charge in [0.2, 0.25) is 0 Å². The van der Waals surface area contributed by atoms with Gasteiger partial charge in [-0.1, -0.05) is 6.08 Å². The molecule has 0 saturated carbocycles. The fourth-order valence-corrected chi connectivity index (χ4v) is 1.17. The Labute approximate surface area is 107 Å². The number of ether oxygens (including phenoxy) is 1. The first-order valence-electron chi connectivity index (χ1n) is 5.71. The van der Waals surface area contributed by atoms with Crippen LogP contribution in [0.2, 0.25) is 0 Å². The highest BCUT2D eigenvalue weighted by atomic mass is 16.6. The van der Waals surface area contributed by atoms with Gasteiger partial charge in [-0.2, -0.15) is 0 Å². The van der Waals surface area contributed by atoms with Crippen LogP contribution in [-0.4, -0.2) is 23.2 Å². The third kappa shape index (κ3) is 5.34. The lowest BCUT2D eigenvalue weighted by atomic mass is 10.2. The summed E-state index contributed by atoms with van der Waals surface area (Å²) >= 11 is 0. The largest absolute Gasteiger partial charge is 0.444 e. The van der Waals surface area contributed by atoms with Crippen molar-refractivity contribution in [3.8, 4) is 0 Å². The van der Waals surface area contributed by atoms with E-state index in [1.165, 1.54) is 0 Å². The van der Waals surface area contributed by atoms with E-state index >= 15 is 0 Å². The molecule has 0 bridgehead atoms. The summed E-state index contributed by atoms with van der Waals surface area (Å²) in [4.78, 5) is 15.6. The highest BCUT2D eigenvalue weighted by molar-refractivity contribution is 5.83. The van der Waals surface area contributed by atoms with Gasteiger partial charge in [0.15, 0.2) is 0 Å². The Morgan fingerprint density at radius 3 is 2.72 bits per heavy atom. The second-order valence-electron chi connectivity index (χ2n) is 4.73. The van der Waals surface area contributed by atoms with E-state index in [9.17, 15) is 4.79 Å². The minimum atomic E-state index is -0.518. The molecule has 1 amide bonds. The van der Waals surface area contributed by atoms with Crippen LogP contribution in [0.15, 0.2) is 31.0 Å². The van der Waals surface area contributed by atoms with Crippen LogP contribution in [0.4, 0.5) is 16.3 Å². The molecule has 5 nitrogen and oxygen atoms in total. The molecule has 2 N–H and O–H groups in total. The molecule has 5 heteroatoms. The number of anilines is 2. The average Bonchev–Trinajstić information content (AvgIpc) is 2.25. The summed E-state index contributed by atoms with van der Waals surface area (Å²) < 4.78 is 5.12. The summed E-state index contributed by atoms with van der Waals surface area (Å²) in [5, 5.41) is 5.65. The Morgan fingerprint density at radius 1 is 1.50 bits per heavy atom. The third-order valence-corrected chi connectivity index (χ3v) is 1.84. The van der Waals surface area contributed by atoms with Crippen molar-refractivity contribution < 1.29 is 9.53 Å². The molecule has 0 aromatic carbocycles. The van der Waals surface area contributed by atoms with Gasteiger partial charge in [0.05, 0.1) is 11.9 Å². The van der Waals surface area contributed by atoms with E-state index in [1.54, 1.807) is 18.3 Å². The Hall–Kier alpha value is -2.04. The Bertz CT molecular complexity index is 407. The molecule has 98 valence electrons. The predicted molar refractivity (Wildman–Crippen MR) is 72.8 cm³/mol. The van der Waals surface area contributed by atoms with Crippen molar-refractivity contribution in [3.63, 3.8) is 0 Å². The lowest BCUT2D eigenvalue weighted by molar-refractivity contribution is 0.0635. The van der Waals surface area contributed by atoms with Crippen LogP contribution in [-0.2, 0) is 4.74 Å². The molecule has 0 aliphatic rings. The lowest BCUT2D eigenvalue weighted by Gasteiger charge is -2.19. The van der Waals surface area contributed by atoms with Crippen molar-refractivity contribution in [1.82, 2.24) is 4.98 Å². The number of rotatable bonds is 4. The molecule has 0 atom stereocenters. The van der Waals surface area contributed by atoms with Gasteiger partial charge in [0.25, 0.3) is 0 Å². The van der Waals surface area contributed by atoms with E-state index in [0.29, 0.717) is 12.4 Å². The zero-order valence-corrected chi connectivity index (χ0v) is 11.0. The number of hydrogen-bond donors (Lipinski definition) is 2. The number of nitrogens with zero attached hydrogens (tertiary/aromatic N) is 1. The summed E-state index contributed by atoms with van der Waals surface area (Å²) in [5.41, 5.74) is 0.347. The second-order valence-corrected chi connectivity index (χ2v) is 4.73. The first kappa shape index (κ1) is 14.0. The molecule has 0 spiro atoms. The van der Waals surface area contributed by atoms with Crippen LogP contribution < -0.4 is 10.6 Å². The highest BCUT2D eigenvalue weighted by Crippen LogP contribution is 2.12. The van der Waals surface area contributed by atoms with Crippen molar-refractivity contribution in [3.05, 3.63) is 31.0 Å². The summed E-state index contributed by atoms with van der Waals surface area (Å²) in [5.74, 6) is 0.452. The van der Waals surface area contributed by atoms with Crippen molar-refractivity contribution in [1.29, 1.82) is 0 Å². The Kier molecular flexibility index (Phi) is 4.71. The standard InChI is InChI=1S/C13H19N3O2/c1-5-8-14-10-6-7-11(15-9-10)16-12(17)18-13(2,3)4/h5-7,9,14H,1,8H2,2-4H3,(H,15,16,17). The lowest BCUT2D eigenvalue weighted by Crippen LogP contribution is -2.27. The number of hydrogen-bond acceptors (Lipinski definition) is 4. The van der Waals surface area contributed by atoms with E-state index in [1.807, 2.05) is 26.8 Å². The summed E-state index contributed by atoms with van der Waals surface area (Å²) in [7, 11) is 0. The van der Waals surface area contributed by atoms with Crippen LogP contribution in [0, 0.1) is 0 Å². The molecule has 0 aliphatic carbocycles. The van der Waals surface area contributed by atoms with Gasteiger partial charge < -0.3 is 10.1 Å². The van der Waals surface area contributed by atoms with E-state index in [2.05, 4.69) is 22.2 Å². The summed E-state index contributed by atoms with van der Waals surface area (Å²) in [6, 6.07) is 3.53. The molecule has 0 unspecified atom stereocenters. The zero-order valence-electron chi connectivity index (χ0n) is 11.0. The van der Waals surface area contributed by atoms with Gasteiger partial charge in [0, 0.05) is 6.54 Å². The molecule has 1 heterocycles. The highest BCUT2D eigenvalue weighted by Gasteiger charge is 2.16. The second kappa shape index (κ2) is 6.05. The Balaban J connectivity index is 2.53. The van der Waals surface area contributed by atoms with Crippen molar-refractivity contribution in [2.24, 2.45) is 0 Å². The monoisotopic (exact) mass is 249 g/mol. The van der Waals surface area contributed by atoms with Crippen LogP contribution in [0.3, 0.4) is 0 Å². The fourth-order valence-electron chi connectivity index (χ4n) is 1.17. The van der Waals surface area contributed by atoms with Crippen LogP contribution in [0.25, 0.3) is 0 Å². The molecule has 1 aromatic heterocycles. The van der Waals surface area contributed by atoms with E-state index < -0.39 is 11.7 Å². The number of nitrogens with one attached hydrogen (secondary N) is 2. The first-order valence-corrected chi connectivity index (χ1v) is 5.71. The van der Waals surface area contributed by atoms with Gasteiger partial charge in [-0.15, -0.1) is 6.58 Å². The molecule has 0 saturated heterocycles. The molecule has 1 aromatic rings. The summed E-state index contributed by atoms with van der Waals surface area (Å²) in [6.07, 6.45) is 2.88. The molecule has 0 aliphatic heterocycles. The minimum absolute atomic E-state index is 0.452. The molecule has 0 radical (unpaired) electrons. The molecule has 0 fully saturated rings. The number of carbonyl (C=O) groups is 1. The SMILES string of the molecule is C=CCNc1ccc(NC(=O)OC(C)(C)C)nc1. The van der Waals surface area contributed by atoms with Gasteiger partial charge >= 0.3 is 6.09 Å². The summed E-state index contributed by atoms with van der Waals surface area (Å²) in [6.45, 7) is 9.70. The van der Waals surface area contributed by atoms with E-state index in [-0.39, 0.29) is 0 Å². The number of pyridine rings is 1.